The molecule has 0 atom stereocenters. The second-order valence-corrected chi connectivity index (χ2v) is 5.62. The van der Waals surface area contributed by atoms with Crippen molar-refractivity contribution in [2.24, 2.45) is 0 Å². The second kappa shape index (κ2) is 6.44. The van der Waals surface area contributed by atoms with E-state index in [0.717, 1.165) is 33.6 Å². The zero-order chi connectivity index (χ0) is 15.4. The molecule has 0 aliphatic carbocycles. The van der Waals surface area contributed by atoms with Gasteiger partial charge < -0.3 is 11.1 Å². The van der Waals surface area contributed by atoms with E-state index in [1.165, 1.54) is 0 Å². The minimum Gasteiger partial charge on any atom is -0.399 e. The van der Waals surface area contributed by atoms with E-state index in [0.29, 0.717) is 12.8 Å². The highest BCUT2D eigenvalue weighted by Crippen LogP contribution is 2.16. The first-order valence-corrected chi connectivity index (χ1v) is 7.17. The molecule has 2 rings (SSSR count). The van der Waals surface area contributed by atoms with Gasteiger partial charge in [0.25, 0.3) is 0 Å². The first-order chi connectivity index (χ1) is 9.94. The molecule has 0 spiro atoms. The standard InChI is InChI=1S/C18H22N2O/c1-12-8-13(2)10-16(9-12)20-18(21)7-6-15-5-4-14(3)17(19)11-15/h4-5,8-11H,6-7,19H2,1-3H3,(H,20,21). The van der Waals surface area contributed by atoms with Gasteiger partial charge in [0.15, 0.2) is 0 Å². The van der Waals surface area contributed by atoms with Crippen LogP contribution >= 0.6 is 0 Å². The van der Waals surface area contributed by atoms with Crippen LogP contribution in [0.2, 0.25) is 0 Å². The summed E-state index contributed by atoms with van der Waals surface area (Å²) in [5.74, 6) is 0.0270. The van der Waals surface area contributed by atoms with E-state index in [2.05, 4.69) is 11.4 Å². The highest BCUT2D eigenvalue weighted by Gasteiger charge is 2.05. The highest BCUT2D eigenvalue weighted by molar-refractivity contribution is 5.91. The van der Waals surface area contributed by atoms with Crippen LogP contribution in [0.15, 0.2) is 36.4 Å². The Kier molecular flexibility index (Phi) is 4.63. The average Bonchev–Trinajstić information content (AvgIpc) is 2.39. The summed E-state index contributed by atoms with van der Waals surface area (Å²) in [6.07, 6.45) is 1.15. The van der Waals surface area contributed by atoms with Crippen molar-refractivity contribution in [1.82, 2.24) is 0 Å². The Morgan fingerprint density at radius 1 is 1.05 bits per heavy atom. The molecule has 2 aromatic carbocycles. The summed E-state index contributed by atoms with van der Waals surface area (Å²) in [5, 5.41) is 2.95. The zero-order valence-corrected chi connectivity index (χ0v) is 12.9. The van der Waals surface area contributed by atoms with Crippen LogP contribution in [0.5, 0.6) is 0 Å². The molecule has 3 N–H and O–H groups in total. The lowest BCUT2D eigenvalue weighted by Gasteiger charge is -2.08. The number of amides is 1. The van der Waals surface area contributed by atoms with E-state index < -0.39 is 0 Å². The fraction of sp³-hybridized carbons (Fsp3) is 0.278. The first kappa shape index (κ1) is 15.1. The number of nitrogens with one attached hydrogen (secondary N) is 1. The molecule has 0 unspecified atom stereocenters. The SMILES string of the molecule is Cc1cc(C)cc(NC(=O)CCc2ccc(C)c(N)c2)c1. The van der Waals surface area contributed by atoms with E-state index in [9.17, 15) is 4.79 Å². The van der Waals surface area contributed by atoms with Gasteiger partial charge in [0.2, 0.25) is 5.91 Å². The van der Waals surface area contributed by atoms with E-state index >= 15 is 0 Å². The van der Waals surface area contributed by atoms with Gasteiger partial charge in [-0.3, -0.25) is 4.79 Å². The van der Waals surface area contributed by atoms with Gasteiger partial charge in [0.1, 0.15) is 0 Å². The van der Waals surface area contributed by atoms with Crippen LogP contribution in [0.1, 0.15) is 28.7 Å². The number of benzene rings is 2. The molecule has 110 valence electrons. The fourth-order valence-electron chi connectivity index (χ4n) is 2.37. The topological polar surface area (TPSA) is 55.1 Å². The molecule has 0 aliphatic rings. The summed E-state index contributed by atoms with van der Waals surface area (Å²) in [7, 11) is 0. The Labute approximate surface area is 126 Å². The van der Waals surface area contributed by atoms with Gasteiger partial charge in [-0.05, 0) is 67.6 Å². The number of hydrogen-bond acceptors (Lipinski definition) is 2. The number of anilines is 2. The number of nitrogens with two attached hydrogens (primary N) is 1. The Hall–Kier alpha value is -2.29. The van der Waals surface area contributed by atoms with Crippen LogP contribution in [0.25, 0.3) is 0 Å². The molecule has 0 heterocycles. The molecular weight excluding hydrogens is 260 g/mol. The molecule has 0 radical (unpaired) electrons. The molecule has 0 fully saturated rings. The Bertz CT molecular complexity index is 642. The van der Waals surface area contributed by atoms with Gasteiger partial charge in [-0.1, -0.05) is 18.2 Å². The zero-order valence-electron chi connectivity index (χ0n) is 12.9. The van der Waals surface area contributed by atoms with Gasteiger partial charge in [-0.2, -0.15) is 0 Å². The molecule has 3 nitrogen and oxygen atoms in total. The van der Waals surface area contributed by atoms with Crippen molar-refractivity contribution in [2.45, 2.75) is 33.6 Å². The van der Waals surface area contributed by atoms with Crippen molar-refractivity contribution >= 4 is 17.3 Å². The second-order valence-electron chi connectivity index (χ2n) is 5.62. The minimum atomic E-state index is 0.0270. The van der Waals surface area contributed by atoms with Crippen molar-refractivity contribution in [3.05, 3.63) is 58.7 Å². The van der Waals surface area contributed by atoms with Crippen molar-refractivity contribution < 1.29 is 4.79 Å². The predicted molar refractivity (Wildman–Crippen MR) is 88.5 cm³/mol. The lowest BCUT2D eigenvalue weighted by molar-refractivity contribution is -0.116. The summed E-state index contributed by atoms with van der Waals surface area (Å²) in [4.78, 5) is 12.0. The third-order valence-electron chi connectivity index (χ3n) is 3.49. The molecule has 0 bridgehead atoms. The summed E-state index contributed by atoms with van der Waals surface area (Å²) >= 11 is 0. The maximum atomic E-state index is 12.0. The van der Waals surface area contributed by atoms with E-state index in [-0.39, 0.29) is 5.91 Å². The molecule has 1 amide bonds. The Balaban J connectivity index is 1.94. The Morgan fingerprint density at radius 2 is 1.71 bits per heavy atom. The highest BCUT2D eigenvalue weighted by atomic mass is 16.1. The van der Waals surface area contributed by atoms with Gasteiger partial charge >= 0.3 is 0 Å². The smallest absolute Gasteiger partial charge is 0.224 e. The fourth-order valence-corrected chi connectivity index (χ4v) is 2.37. The molecule has 0 aliphatic heterocycles. The number of hydrogen-bond donors (Lipinski definition) is 2. The molecule has 2 aromatic rings. The predicted octanol–water partition coefficient (Wildman–Crippen LogP) is 3.77. The first-order valence-electron chi connectivity index (χ1n) is 7.17. The van der Waals surface area contributed by atoms with Crippen LogP contribution in [-0.4, -0.2) is 5.91 Å². The monoisotopic (exact) mass is 282 g/mol. The Morgan fingerprint density at radius 3 is 2.33 bits per heavy atom. The van der Waals surface area contributed by atoms with Gasteiger partial charge in [-0.25, -0.2) is 0 Å². The van der Waals surface area contributed by atoms with Crippen molar-refractivity contribution in [2.75, 3.05) is 11.1 Å². The summed E-state index contributed by atoms with van der Waals surface area (Å²) in [6, 6.07) is 12.0. The summed E-state index contributed by atoms with van der Waals surface area (Å²) in [6.45, 7) is 6.03. The van der Waals surface area contributed by atoms with Crippen LogP contribution in [0, 0.1) is 20.8 Å². The lowest BCUT2D eigenvalue weighted by Crippen LogP contribution is -2.12. The number of nitrogen functional groups attached to an aromatic ring is 1. The van der Waals surface area contributed by atoms with Gasteiger partial charge in [0.05, 0.1) is 0 Å². The number of aryl methyl sites for hydroxylation is 4. The third-order valence-corrected chi connectivity index (χ3v) is 3.49. The minimum absolute atomic E-state index is 0.0270. The number of rotatable bonds is 4. The number of carbonyl (C=O) groups excluding carboxylic acids is 1. The van der Waals surface area contributed by atoms with Crippen LogP contribution in [-0.2, 0) is 11.2 Å². The maximum absolute atomic E-state index is 12.0. The molecule has 0 saturated heterocycles. The molecule has 21 heavy (non-hydrogen) atoms. The van der Waals surface area contributed by atoms with Crippen molar-refractivity contribution in [3.63, 3.8) is 0 Å². The van der Waals surface area contributed by atoms with Crippen LogP contribution in [0.4, 0.5) is 11.4 Å². The lowest BCUT2D eigenvalue weighted by atomic mass is 10.1. The molecule has 3 heteroatoms. The van der Waals surface area contributed by atoms with Crippen LogP contribution < -0.4 is 11.1 Å². The summed E-state index contributed by atoms with van der Waals surface area (Å²) < 4.78 is 0. The van der Waals surface area contributed by atoms with Crippen molar-refractivity contribution in [3.8, 4) is 0 Å². The van der Waals surface area contributed by atoms with Gasteiger partial charge in [0, 0.05) is 17.8 Å². The van der Waals surface area contributed by atoms with E-state index in [1.54, 1.807) is 0 Å². The largest absolute Gasteiger partial charge is 0.399 e. The van der Waals surface area contributed by atoms with E-state index in [4.69, 9.17) is 5.73 Å². The summed E-state index contributed by atoms with van der Waals surface area (Å²) in [5.41, 5.74) is 12.0. The van der Waals surface area contributed by atoms with Gasteiger partial charge in [-0.15, -0.1) is 0 Å². The van der Waals surface area contributed by atoms with Crippen molar-refractivity contribution in [1.29, 1.82) is 0 Å². The van der Waals surface area contributed by atoms with Crippen LogP contribution in [0.3, 0.4) is 0 Å². The number of carbonyl (C=O) groups is 1. The van der Waals surface area contributed by atoms with E-state index in [1.807, 2.05) is 51.1 Å². The molecular formula is C18H22N2O. The average molecular weight is 282 g/mol. The third kappa shape index (κ3) is 4.35. The maximum Gasteiger partial charge on any atom is 0.224 e. The molecule has 0 aromatic heterocycles. The normalized spacial score (nSPS) is 10.4. The molecule has 0 saturated carbocycles. The quantitative estimate of drug-likeness (QED) is 0.839.